The highest BCUT2D eigenvalue weighted by Crippen LogP contribution is 2.23. The molecule has 6 nitrogen and oxygen atoms in total. The van der Waals surface area contributed by atoms with Gasteiger partial charge in [0.2, 0.25) is 5.91 Å². The summed E-state index contributed by atoms with van der Waals surface area (Å²) in [6.45, 7) is 3.90. The van der Waals surface area contributed by atoms with Gasteiger partial charge in [0.05, 0.1) is 11.4 Å². The van der Waals surface area contributed by atoms with E-state index in [1.54, 1.807) is 28.8 Å². The fourth-order valence-electron chi connectivity index (χ4n) is 2.44. The van der Waals surface area contributed by atoms with Crippen LogP contribution in [0, 0.1) is 13.8 Å². The highest BCUT2D eigenvalue weighted by molar-refractivity contribution is 8.00. The molecular formula is C18H19N5OS2. The zero-order chi connectivity index (χ0) is 18.5. The van der Waals surface area contributed by atoms with Crippen molar-refractivity contribution >= 4 is 35.1 Å². The van der Waals surface area contributed by atoms with Crippen LogP contribution in [0.3, 0.4) is 0 Å². The quantitative estimate of drug-likeness (QED) is 0.652. The normalized spacial score (nSPS) is 10.7. The molecule has 0 aliphatic rings. The van der Waals surface area contributed by atoms with Gasteiger partial charge in [-0.1, -0.05) is 17.8 Å². The second-order valence-electron chi connectivity index (χ2n) is 5.59. The monoisotopic (exact) mass is 385 g/mol. The number of hydrogen-bond acceptors (Lipinski definition) is 6. The second-order valence-corrected chi connectivity index (χ2v) is 7.44. The molecule has 1 aromatic carbocycles. The third kappa shape index (κ3) is 4.44. The Morgan fingerprint density at radius 3 is 2.73 bits per heavy atom. The maximum absolute atomic E-state index is 12.3. The van der Waals surface area contributed by atoms with E-state index in [1.165, 1.54) is 11.8 Å². The van der Waals surface area contributed by atoms with Gasteiger partial charge < -0.3 is 5.32 Å². The first-order chi connectivity index (χ1) is 12.6. The molecule has 1 N–H and O–H groups in total. The molecule has 2 aromatic heterocycles. The van der Waals surface area contributed by atoms with Crippen LogP contribution in [0.25, 0.3) is 5.82 Å². The summed E-state index contributed by atoms with van der Waals surface area (Å²) in [6.07, 6.45) is 5.26. The number of rotatable bonds is 6. The summed E-state index contributed by atoms with van der Waals surface area (Å²) < 4.78 is 1.75. The Kier molecular flexibility index (Phi) is 5.95. The van der Waals surface area contributed by atoms with E-state index in [-0.39, 0.29) is 11.7 Å². The average Bonchev–Trinajstić information content (AvgIpc) is 2.98. The van der Waals surface area contributed by atoms with Crippen molar-refractivity contribution in [3.63, 3.8) is 0 Å². The minimum absolute atomic E-state index is 0.0850. The molecule has 0 aliphatic carbocycles. The number of aromatic nitrogens is 4. The molecule has 0 radical (unpaired) electrons. The van der Waals surface area contributed by atoms with Crippen LogP contribution >= 0.6 is 23.5 Å². The average molecular weight is 386 g/mol. The van der Waals surface area contributed by atoms with Gasteiger partial charge in [-0.05, 0) is 44.4 Å². The molecule has 26 heavy (non-hydrogen) atoms. The van der Waals surface area contributed by atoms with Gasteiger partial charge in [0.15, 0.2) is 5.82 Å². The maximum atomic E-state index is 12.3. The highest BCUT2D eigenvalue weighted by atomic mass is 32.2. The van der Waals surface area contributed by atoms with E-state index in [0.29, 0.717) is 10.8 Å². The molecule has 134 valence electrons. The van der Waals surface area contributed by atoms with Crippen LogP contribution in [0.5, 0.6) is 0 Å². The van der Waals surface area contributed by atoms with Gasteiger partial charge in [0.1, 0.15) is 5.03 Å². The number of aryl methyl sites for hydroxylation is 2. The molecule has 0 saturated heterocycles. The maximum Gasteiger partial charge on any atom is 0.234 e. The lowest BCUT2D eigenvalue weighted by molar-refractivity contribution is -0.113. The molecule has 3 aromatic rings. The van der Waals surface area contributed by atoms with Crippen molar-refractivity contribution in [3.8, 4) is 5.82 Å². The van der Waals surface area contributed by atoms with Crippen molar-refractivity contribution in [1.29, 1.82) is 0 Å². The number of thioether (sulfide) groups is 2. The lowest BCUT2D eigenvalue weighted by Gasteiger charge is -2.09. The molecule has 1 amide bonds. The van der Waals surface area contributed by atoms with E-state index >= 15 is 0 Å². The highest BCUT2D eigenvalue weighted by Gasteiger charge is 2.14. The van der Waals surface area contributed by atoms with E-state index < -0.39 is 0 Å². The Hall–Kier alpha value is -2.32. The summed E-state index contributed by atoms with van der Waals surface area (Å²) in [7, 11) is 0. The Balaban J connectivity index is 1.70. The molecule has 0 unspecified atom stereocenters. The third-order valence-electron chi connectivity index (χ3n) is 3.55. The number of anilines is 1. The fraction of sp³-hybridized carbons (Fsp3) is 0.222. The van der Waals surface area contributed by atoms with Gasteiger partial charge in [0.25, 0.3) is 0 Å². The van der Waals surface area contributed by atoms with Crippen LogP contribution in [0.15, 0.2) is 52.6 Å². The van der Waals surface area contributed by atoms with Crippen molar-refractivity contribution < 1.29 is 4.79 Å². The molecule has 0 atom stereocenters. The van der Waals surface area contributed by atoms with Crippen LogP contribution in [0.4, 0.5) is 5.69 Å². The zero-order valence-corrected chi connectivity index (χ0v) is 16.4. The summed E-state index contributed by atoms with van der Waals surface area (Å²) in [5, 5.41) is 8.04. The van der Waals surface area contributed by atoms with Gasteiger partial charge in [-0.15, -0.1) is 11.8 Å². The molecule has 0 fully saturated rings. The smallest absolute Gasteiger partial charge is 0.234 e. The van der Waals surface area contributed by atoms with E-state index in [2.05, 4.69) is 20.4 Å². The summed E-state index contributed by atoms with van der Waals surface area (Å²) in [4.78, 5) is 22.2. The zero-order valence-electron chi connectivity index (χ0n) is 14.8. The number of carbonyl (C=O) groups excluding carboxylic acids is 1. The first kappa shape index (κ1) is 18.5. The lowest BCUT2D eigenvalue weighted by atomic mass is 10.3. The second kappa shape index (κ2) is 8.37. The number of amides is 1. The molecule has 8 heteroatoms. The first-order valence-corrected chi connectivity index (χ1v) is 10.2. The molecule has 0 aliphatic heterocycles. The Morgan fingerprint density at radius 1 is 1.19 bits per heavy atom. The molecule has 3 rings (SSSR count). The number of nitrogens with zero attached hydrogens (tertiary/aromatic N) is 4. The molecule has 0 bridgehead atoms. The van der Waals surface area contributed by atoms with Crippen LogP contribution < -0.4 is 5.32 Å². The largest absolute Gasteiger partial charge is 0.325 e. The van der Waals surface area contributed by atoms with Crippen LogP contribution in [-0.4, -0.2) is 37.7 Å². The third-order valence-corrected chi connectivity index (χ3v) is 5.24. The molecule has 2 heterocycles. The number of nitrogens with one attached hydrogen (secondary N) is 1. The Bertz CT molecular complexity index is 925. The van der Waals surface area contributed by atoms with Crippen LogP contribution in [-0.2, 0) is 4.79 Å². The predicted molar refractivity (Wildman–Crippen MR) is 106 cm³/mol. The Morgan fingerprint density at radius 2 is 2.00 bits per heavy atom. The van der Waals surface area contributed by atoms with E-state index in [9.17, 15) is 4.79 Å². The predicted octanol–water partition coefficient (Wildman–Crippen LogP) is 3.73. The van der Waals surface area contributed by atoms with E-state index in [0.717, 1.165) is 22.0 Å². The first-order valence-electron chi connectivity index (χ1n) is 7.98. The van der Waals surface area contributed by atoms with E-state index in [4.69, 9.17) is 0 Å². The van der Waals surface area contributed by atoms with Gasteiger partial charge in [-0.25, -0.2) is 14.6 Å². The number of benzene rings is 1. The number of carbonyl (C=O) groups is 1. The van der Waals surface area contributed by atoms with Crippen molar-refractivity contribution in [2.45, 2.75) is 23.8 Å². The van der Waals surface area contributed by atoms with Crippen molar-refractivity contribution in [2.24, 2.45) is 0 Å². The van der Waals surface area contributed by atoms with Gasteiger partial charge in [-0.2, -0.15) is 5.10 Å². The summed E-state index contributed by atoms with van der Waals surface area (Å²) >= 11 is 2.98. The lowest BCUT2D eigenvalue weighted by Crippen LogP contribution is -2.14. The van der Waals surface area contributed by atoms with Crippen LogP contribution in [0.1, 0.15) is 11.4 Å². The van der Waals surface area contributed by atoms with Gasteiger partial charge >= 0.3 is 0 Å². The topological polar surface area (TPSA) is 72.7 Å². The summed E-state index contributed by atoms with van der Waals surface area (Å²) in [5.74, 6) is 0.799. The molecular weight excluding hydrogens is 366 g/mol. The van der Waals surface area contributed by atoms with E-state index in [1.807, 2.05) is 50.4 Å². The van der Waals surface area contributed by atoms with Crippen LogP contribution in [0.2, 0.25) is 0 Å². The minimum atomic E-state index is -0.0850. The summed E-state index contributed by atoms with van der Waals surface area (Å²) in [6, 6.07) is 9.75. The fourth-order valence-corrected chi connectivity index (χ4v) is 3.64. The summed E-state index contributed by atoms with van der Waals surface area (Å²) in [5.41, 5.74) is 2.68. The molecule has 0 spiro atoms. The van der Waals surface area contributed by atoms with Crippen molar-refractivity contribution in [2.75, 3.05) is 17.3 Å². The Labute approximate surface area is 160 Å². The van der Waals surface area contributed by atoms with Crippen molar-refractivity contribution in [1.82, 2.24) is 19.7 Å². The standard InChI is InChI=1S/C18H19N5OS2/c1-12-9-13(2)23(22-12)17-18(20-8-7-19-17)26-11-16(24)21-14-5-4-6-15(10-14)25-3/h4-10H,11H2,1-3H3,(H,21,24). The molecule has 0 saturated carbocycles. The van der Waals surface area contributed by atoms with Gasteiger partial charge in [0, 0.05) is 28.7 Å². The number of hydrogen-bond donors (Lipinski definition) is 1. The van der Waals surface area contributed by atoms with Crippen molar-refractivity contribution in [3.05, 3.63) is 54.1 Å². The minimum Gasteiger partial charge on any atom is -0.325 e. The SMILES string of the molecule is CSc1cccc(NC(=O)CSc2nccnc2-n2nc(C)cc2C)c1. The van der Waals surface area contributed by atoms with Gasteiger partial charge in [-0.3, -0.25) is 4.79 Å².